The maximum atomic E-state index is 9.09. The topological polar surface area (TPSA) is 40.5 Å². The van der Waals surface area contributed by atoms with E-state index in [1.807, 2.05) is 0 Å². The van der Waals surface area contributed by atoms with Gasteiger partial charge in [0, 0.05) is 6.42 Å². The Balaban J connectivity index is 2.59. The second-order valence-electron chi connectivity index (χ2n) is 2.42. The summed E-state index contributed by atoms with van der Waals surface area (Å²) in [4.78, 5) is 0. The van der Waals surface area contributed by atoms with Gasteiger partial charge < -0.3 is 10.2 Å². The van der Waals surface area contributed by atoms with Crippen LogP contribution in [0.1, 0.15) is 25.7 Å². The quantitative estimate of drug-likeness (QED) is 0.559. The first-order valence-electron chi connectivity index (χ1n) is 3.35. The average molecular weight is 128 g/mol. The lowest BCUT2D eigenvalue weighted by atomic mass is 9.98. The summed E-state index contributed by atoms with van der Waals surface area (Å²) in [7, 11) is 0. The van der Waals surface area contributed by atoms with E-state index in [1.165, 1.54) is 0 Å². The molecule has 1 rings (SSSR count). The molecule has 0 spiro atoms. The van der Waals surface area contributed by atoms with Gasteiger partial charge in [-0.05, 0) is 24.8 Å². The molecule has 0 amide bonds. The Bertz CT molecular complexity index is 127. The lowest BCUT2D eigenvalue weighted by Crippen LogP contribution is -2.02. The summed E-state index contributed by atoms with van der Waals surface area (Å²) in [5.41, 5.74) is 0.834. The average Bonchev–Trinajstić information content (AvgIpc) is 1.89. The predicted molar refractivity (Wildman–Crippen MR) is 35.2 cm³/mol. The van der Waals surface area contributed by atoms with E-state index in [0.717, 1.165) is 31.3 Å². The fourth-order valence-corrected chi connectivity index (χ4v) is 1.12. The van der Waals surface area contributed by atoms with Crippen LogP contribution >= 0.6 is 0 Å². The number of aliphatic hydroxyl groups excluding tert-OH is 2. The van der Waals surface area contributed by atoms with E-state index >= 15 is 0 Å². The Labute approximate surface area is 54.8 Å². The third-order valence-corrected chi connectivity index (χ3v) is 1.74. The molecule has 2 N–H and O–H groups in total. The molecule has 0 aromatic heterocycles. The highest BCUT2D eigenvalue weighted by molar-refractivity contribution is 5.10. The number of rotatable bonds is 1. The monoisotopic (exact) mass is 128 g/mol. The fourth-order valence-electron chi connectivity index (χ4n) is 1.12. The highest BCUT2D eigenvalue weighted by atomic mass is 16.3. The van der Waals surface area contributed by atoms with Gasteiger partial charge in [0.15, 0.2) is 0 Å². The zero-order valence-corrected chi connectivity index (χ0v) is 5.43. The third-order valence-electron chi connectivity index (χ3n) is 1.74. The molecule has 0 unspecified atom stereocenters. The van der Waals surface area contributed by atoms with Crippen LogP contribution in [0.4, 0.5) is 0 Å². The minimum atomic E-state index is 0.0336. The molecule has 0 aromatic carbocycles. The Morgan fingerprint density at radius 1 is 1.22 bits per heavy atom. The van der Waals surface area contributed by atoms with Gasteiger partial charge in [-0.1, -0.05) is 0 Å². The molecule has 2 heteroatoms. The van der Waals surface area contributed by atoms with Crippen LogP contribution < -0.4 is 0 Å². The number of aliphatic hydroxyl groups is 2. The molecule has 0 saturated carbocycles. The summed E-state index contributed by atoms with van der Waals surface area (Å²) >= 11 is 0. The van der Waals surface area contributed by atoms with Gasteiger partial charge >= 0.3 is 0 Å². The maximum Gasteiger partial charge on any atom is 0.0937 e. The van der Waals surface area contributed by atoms with Crippen LogP contribution in [0.3, 0.4) is 0 Å². The van der Waals surface area contributed by atoms with Crippen LogP contribution in [0.15, 0.2) is 11.3 Å². The second-order valence-corrected chi connectivity index (χ2v) is 2.42. The Kier molecular flexibility index (Phi) is 2.11. The Hall–Kier alpha value is -0.500. The molecule has 0 atom stereocenters. The lowest BCUT2D eigenvalue weighted by Gasteiger charge is -2.13. The summed E-state index contributed by atoms with van der Waals surface area (Å²) in [6.45, 7) is 0.0336. The highest BCUT2D eigenvalue weighted by Gasteiger charge is 2.09. The molecule has 9 heavy (non-hydrogen) atoms. The van der Waals surface area contributed by atoms with Gasteiger partial charge in [-0.15, -0.1) is 0 Å². The summed E-state index contributed by atoms with van der Waals surface area (Å²) in [5.74, 6) is 0.420. The van der Waals surface area contributed by atoms with Gasteiger partial charge in [-0.25, -0.2) is 0 Å². The summed E-state index contributed by atoms with van der Waals surface area (Å²) < 4.78 is 0. The van der Waals surface area contributed by atoms with Gasteiger partial charge in [0.2, 0.25) is 0 Å². The van der Waals surface area contributed by atoms with Crippen molar-refractivity contribution in [3.63, 3.8) is 0 Å². The van der Waals surface area contributed by atoms with Crippen LogP contribution in [0.5, 0.6) is 0 Å². The standard InChI is InChI=1S/C7H12O2/c8-5-6-3-1-2-4-7(6)9/h8-9H,1-5H2. The van der Waals surface area contributed by atoms with Gasteiger partial charge in [-0.3, -0.25) is 0 Å². The van der Waals surface area contributed by atoms with E-state index in [1.54, 1.807) is 0 Å². The van der Waals surface area contributed by atoms with Crippen molar-refractivity contribution in [3.05, 3.63) is 11.3 Å². The number of hydrogen-bond acceptors (Lipinski definition) is 2. The normalized spacial score (nSPS) is 20.6. The van der Waals surface area contributed by atoms with Crippen molar-refractivity contribution in [2.24, 2.45) is 0 Å². The molecule has 0 heterocycles. The fraction of sp³-hybridized carbons (Fsp3) is 0.714. The minimum absolute atomic E-state index is 0.0336. The molecule has 0 radical (unpaired) electrons. The van der Waals surface area contributed by atoms with Crippen molar-refractivity contribution in [1.82, 2.24) is 0 Å². The molecule has 1 aliphatic carbocycles. The van der Waals surface area contributed by atoms with E-state index in [9.17, 15) is 0 Å². The number of hydrogen-bond donors (Lipinski definition) is 2. The van der Waals surface area contributed by atoms with Crippen LogP contribution in [-0.2, 0) is 0 Å². The highest BCUT2D eigenvalue weighted by Crippen LogP contribution is 2.21. The van der Waals surface area contributed by atoms with E-state index in [-0.39, 0.29) is 6.61 Å². The maximum absolute atomic E-state index is 9.09. The van der Waals surface area contributed by atoms with Crippen molar-refractivity contribution >= 4 is 0 Å². The molecule has 0 aliphatic heterocycles. The molecule has 1 aliphatic rings. The molecule has 0 fully saturated rings. The van der Waals surface area contributed by atoms with Crippen molar-refractivity contribution in [3.8, 4) is 0 Å². The first-order valence-corrected chi connectivity index (χ1v) is 3.35. The molecule has 0 bridgehead atoms. The van der Waals surface area contributed by atoms with Crippen molar-refractivity contribution in [2.45, 2.75) is 25.7 Å². The first kappa shape index (κ1) is 6.62. The third kappa shape index (κ3) is 1.45. The van der Waals surface area contributed by atoms with E-state index in [0.29, 0.717) is 5.76 Å². The van der Waals surface area contributed by atoms with E-state index in [2.05, 4.69) is 0 Å². The van der Waals surface area contributed by atoms with E-state index < -0.39 is 0 Å². The summed E-state index contributed by atoms with van der Waals surface area (Å²) in [6.07, 6.45) is 3.81. The molecular formula is C7H12O2. The van der Waals surface area contributed by atoms with Crippen LogP contribution in [-0.4, -0.2) is 16.8 Å². The van der Waals surface area contributed by atoms with Crippen LogP contribution in [0.25, 0.3) is 0 Å². The zero-order valence-electron chi connectivity index (χ0n) is 5.43. The predicted octanol–water partition coefficient (Wildman–Crippen LogP) is 1.36. The molecule has 0 saturated heterocycles. The second kappa shape index (κ2) is 2.87. The van der Waals surface area contributed by atoms with Crippen molar-refractivity contribution in [2.75, 3.05) is 6.61 Å². The zero-order chi connectivity index (χ0) is 6.69. The van der Waals surface area contributed by atoms with Gasteiger partial charge in [0.05, 0.1) is 12.4 Å². The van der Waals surface area contributed by atoms with Crippen molar-refractivity contribution in [1.29, 1.82) is 0 Å². The lowest BCUT2D eigenvalue weighted by molar-refractivity contribution is 0.291. The van der Waals surface area contributed by atoms with E-state index in [4.69, 9.17) is 10.2 Å². The van der Waals surface area contributed by atoms with Gasteiger partial charge in [-0.2, -0.15) is 0 Å². The largest absolute Gasteiger partial charge is 0.512 e. The van der Waals surface area contributed by atoms with Gasteiger partial charge in [0.1, 0.15) is 0 Å². The SMILES string of the molecule is OCC1=C(O)CCCC1. The molecule has 2 nitrogen and oxygen atoms in total. The molecular weight excluding hydrogens is 116 g/mol. The van der Waals surface area contributed by atoms with Gasteiger partial charge in [0.25, 0.3) is 0 Å². The Morgan fingerprint density at radius 3 is 2.33 bits per heavy atom. The summed E-state index contributed by atoms with van der Waals surface area (Å²) in [6, 6.07) is 0. The first-order chi connectivity index (χ1) is 4.34. The van der Waals surface area contributed by atoms with Crippen LogP contribution in [0.2, 0.25) is 0 Å². The minimum Gasteiger partial charge on any atom is -0.512 e. The Morgan fingerprint density at radius 2 is 1.89 bits per heavy atom. The molecule has 0 aromatic rings. The van der Waals surface area contributed by atoms with Crippen molar-refractivity contribution < 1.29 is 10.2 Å². The summed E-state index contributed by atoms with van der Waals surface area (Å²) in [5, 5.41) is 17.7. The number of allylic oxidation sites excluding steroid dienone is 1. The smallest absolute Gasteiger partial charge is 0.0937 e. The molecule has 52 valence electrons. The van der Waals surface area contributed by atoms with Crippen LogP contribution in [0, 0.1) is 0 Å².